The van der Waals surface area contributed by atoms with E-state index in [2.05, 4.69) is 10.6 Å². The number of ether oxygens (including phenoxy) is 2. The summed E-state index contributed by atoms with van der Waals surface area (Å²) in [5.41, 5.74) is 1.05. The van der Waals surface area contributed by atoms with E-state index in [4.69, 9.17) is 9.47 Å². The topological polar surface area (TPSA) is 76.7 Å². The predicted octanol–water partition coefficient (Wildman–Crippen LogP) is 2.06. The highest BCUT2D eigenvalue weighted by molar-refractivity contribution is 5.85. The van der Waals surface area contributed by atoms with Crippen molar-refractivity contribution in [3.05, 3.63) is 23.8 Å². The highest BCUT2D eigenvalue weighted by atomic mass is 16.5. The van der Waals surface area contributed by atoms with Gasteiger partial charge in [0.05, 0.1) is 20.8 Å². The average Bonchev–Trinajstić information content (AvgIpc) is 2.66. The van der Waals surface area contributed by atoms with Crippen molar-refractivity contribution in [2.75, 3.05) is 27.3 Å². The first-order chi connectivity index (χ1) is 12.1. The Balaban J connectivity index is 1.69. The SMILES string of the molecule is COc1ccc(CCNC(=O)CNC(=O)C2CCCCC2)cc1OC. The maximum Gasteiger partial charge on any atom is 0.239 e. The Labute approximate surface area is 149 Å². The van der Waals surface area contributed by atoms with E-state index in [-0.39, 0.29) is 24.3 Å². The molecule has 0 spiro atoms. The number of carbonyl (C=O) groups excluding carboxylic acids is 2. The first-order valence-electron chi connectivity index (χ1n) is 8.89. The first kappa shape index (κ1) is 19.1. The van der Waals surface area contributed by atoms with Crippen LogP contribution in [-0.4, -0.2) is 39.1 Å². The van der Waals surface area contributed by atoms with Gasteiger partial charge in [-0.05, 0) is 37.0 Å². The summed E-state index contributed by atoms with van der Waals surface area (Å²) in [4.78, 5) is 23.9. The molecule has 0 saturated heterocycles. The molecule has 2 amide bonds. The zero-order chi connectivity index (χ0) is 18.1. The third kappa shape index (κ3) is 5.96. The lowest BCUT2D eigenvalue weighted by molar-refractivity contribution is -0.129. The van der Waals surface area contributed by atoms with Crippen LogP contribution in [-0.2, 0) is 16.0 Å². The third-order valence-electron chi connectivity index (χ3n) is 4.58. The van der Waals surface area contributed by atoms with E-state index in [9.17, 15) is 9.59 Å². The van der Waals surface area contributed by atoms with E-state index >= 15 is 0 Å². The van der Waals surface area contributed by atoms with Crippen LogP contribution in [0.15, 0.2) is 18.2 Å². The summed E-state index contributed by atoms with van der Waals surface area (Å²) in [7, 11) is 3.19. The second-order valence-electron chi connectivity index (χ2n) is 6.34. The number of methoxy groups -OCH3 is 2. The summed E-state index contributed by atoms with van der Waals surface area (Å²) in [5, 5.41) is 5.58. The van der Waals surface area contributed by atoms with Gasteiger partial charge in [-0.15, -0.1) is 0 Å². The van der Waals surface area contributed by atoms with E-state index in [1.165, 1.54) is 6.42 Å². The van der Waals surface area contributed by atoms with Crippen LogP contribution in [0, 0.1) is 5.92 Å². The summed E-state index contributed by atoms with van der Waals surface area (Å²) in [6, 6.07) is 5.69. The fraction of sp³-hybridized carbons (Fsp3) is 0.579. The van der Waals surface area contributed by atoms with E-state index in [1.807, 2.05) is 18.2 Å². The lowest BCUT2D eigenvalue weighted by Crippen LogP contribution is -2.40. The summed E-state index contributed by atoms with van der Waals surface area (Å²) in [5.74, 6) is 1.28. The molecule has 6 heteroatoms. The van der Waals surface area contributed by atoms with Crippen LogP contribution < -0.4 is 20.1 Å². The zero-order valence-electron chi connectivity index (χ0n) is 15.1. The van der Waals surface area contributed by atoms with Gasteiger partial charge in [-0.25, -0.2) is 0 Å². The molecule has 0 radical (unpaired) electrons. The molecule has 1 aromatic rings. The van der Waals surface area contributed by atoms with Crippen molar-refractivity contribution in [1.82, 2.24) is 10.6 Å². The molecular weight excluding hydrogens is 320 g/mol. The number of rotatable bonds is 8. The minimum absolute atomic E-state index is 0.00902. The van der Waals surface area contributed by atoms with Crippen LogP contribution in [0.1, 0.15) is 37.7 Å². The highest BCUT2D eigenvalue weighted by Crippen LogP contribution is 2.27. The number of benzene rings is 1. The van der Waals surface area contributed by atoms with Crippen LogP contribution in [0.3, 0.4) is 0 Å². The van der Waals surface area contributed by atoms with Crippen molar-refractivity contribution >= 4 is 11.8 Å². The lowest BCUT2D eigenvalue weighted by atomic mass is 9.89. The van der Waals surface area contributed by atoms with Gasteiger partial charge in [0.25, 0.3) is 0 Å². The molecule has 0 aliphatic heterocycles. The van der Waals surface area contributed by atoms with Crippen molar-refractivity contribution in [3.8, 4) is 11.5 Å². The van der Waals surface area contributed by atoms with Crippen molar-refractivity contribution in [1.29, 1.82) is 0 Å². The second-order valence-corrected chi connectivity index (χ2v) is 6.34. The van der Waals surface area contributed by atoms with Gasteiger partial charge in [0.1, 0.15) is 0 Å². The molecule has 2 rings (SSSR count). The Morgan fingerprint density at radius 1 is 1.04 bits per heavy atom. The van der Waals surface area contributed by atoms with E-state index in [1.54, 1.807) is 14.2 Å². The van der Waals surface area contributed by atoms with Crippen LogP contribution in [0.4, 0.5) is 0 Å². The molecule has 0 bridgehead atoms. The Kier molecular flexibility index (Phi) is 7.57. The fourth-order valence-corrected chi connectivity index (χ4v) is 3.12. The molecule has 0 atom stereocenters. The number of amides is 2. The van der Waals surface area contributed by atoms with Gasteiger partial charge >= 0.3 is 0 Å². The van der Waals surface area contributed by atoms with Crippen LogP contribution >= 0.6 is 0 Å². The zero-order valence-corrected chi connectivity index (χ0v) is 15.1. The van der Waals surface area contributed by atoms with Gasteiger partial charge in [0.15, 0.2) is 11.5 Å². The maximum atomic E-state index is 12.0. The molecule has 1 aliphatic rings. The largest absolute Gasteiger partial charge is 0.493 e. The molecule has 0 unspecified atom stereocenters. The molecule has 6 nitrogen and oxygen atoms in total. The van der Waals surface area contributed by atoms with Crippen molar-refractivity contribution in [2.24, 2.45) is 5.92 Å². The third-order valence-corrected chi connectivity index (χ3v) is 4.58. The van der Waals surface area contributed by atoms with Gasteiger partial charge in [0, 0.05) is 12.5 Å². The molecular formula is C19H28N2O4. The van der Waals surface area contributed by atoms with Gasteiger partial charge < -0.3 is 20.1 Å². The maximum absolute atomic E-state index is 12.0. The molecule has 2 N–H and O–H groups in total. The summed E-state index contributed by atoms with van der Waals surface area (Å²) < 4.78 is 10.5. The summed E-state index contributed by atoms with van der Waals surface area (Å²) in [6.07, 6.45) is 5.98. The van der Waals surface area contributed by atoms with Crippen LogP contribution in [0.5, 0.6) is 11.5 Å². The highest BCUT2D eigenvalue weighted by Gasteiger charge is 2.21. The smallest absolute Gasteiger partial charge is 0.239 e. The molecule has 138 valence electrons. The van der Waals surface area contributed by atoms with Gasteiger partial charge in [-0.1, -0.05) is 25.3 Å². The predicted molar refractivity (Wildman–Crippen MR) is 95.8 cm³/mol. The molecule has 1 saturated carbocycles. The number of hydrogen-bond acceptors (Lipinski definition) is 4. The second kappa shape index (κ2) is 9.91. The average molecular weight is 348 g/mol. The Hall–Kier alpha value is -2.24. The molecule has 1 fully saturated rings. The lowest BCUT2D eigenvalue weighted by Gasteiger charge is -2.20. The van der Waals surface area contributed by atoms with E-state index in [0.717, 1.165) is 31.2 Å². The first-order valence-corrected chi connectivity index (χ1v) is 8.89. The molecule has 0 aromatic heterocycles. The number of carbonyl (C=O) groups is 2. The molecule has 0 heterocycles. The minimum Gasteiger partial charge on any atom is -0.493 e. The van der Waals surface area contributed by atoms with Crippen molar-refractivity contribution < 1.29 is 19.1 Å². The fourth-order valence-electron chi connectivity index (χ4n) is 3.12. The van der Waals surface area contributed by atoms with Gasteiger partial charge in [-0.3, -0.25) is 9.59 Å². The Morgan fingerprint density at radius 2 is 1.76 bits per heavy atom. The van der Waals surface area contributed by atoms with E-state index in [0.29, 0.717) is 24.5 Å². The van der Waals surface area contributed by atoms with Crippen LogP contribution in [0.2, 0.25) is 0 Å². The molecule has 1 aliphatic carbocycles. The standard InChI is InChI=1S/C19H28N2O4/c1-24-16-9-8-14(12-17(16)25-2)10-11-20-18(22)13-21-19(23)15-6-4-3-5-7-15/h8-9,12,15H,3-7,10-11,13H2,1-2H3,(H,20,22)(H,21,23). The number of nitrogens with one attached hydrogen (secondary N) is 2. The van der Waals surface area contributed by atoms with Crippen molar-refractivity contribution in [3.63, 3.8) is 0 Å². The van der Waals surface area contributed by atoms with Crippen LogP contribution in [0.25, 0.3) is 0 Å². The Bertz CT molecular complexity index is 583. The van der Waals surface area contributed by atoms with Gasteiger partial charge in [-0.2, -0.15) is 0 Å². The summed E-state index contributed by atoms with van der Waals surface area (Å²) in [6.45, 7) is 0.550. The summed E-state index contributed by atoms with van der Waals surface area (Å²) >= 11 is 0. The van der Waals surface area contributed by atoms with Gasteiger partial charge in [0.2, 0.25) is 11.8 Å². The minimum atomic E-state index is -0.162. The van der Waals surface area contributed by atoms with Crippen molar-refractivity contribution in [2.45, 2.75) is 38.5 Å². The quantitative estimate of drug-likeness (QED) is 0.754. The Morgan fingerprint density at radius 3 is 2.44 bits per heavy atom. The number of hydrogen-bond donors (Lipinski definition) is 2. The molecule has 1 aromatic carbocycles. The molecule has 25 heavy (non-hydrogen) atoms. The van der Waals surface area contributed by atoms with E-state index < -0.39 is 0 Å². The normalized spacial score (nSPS) is 14.6. The monoisotopic (exact) mass is 348 g/mol.